The van der Waals surface area contributed by atoms with E-state index in [2.05, 4.69) is 32.4 Å². The fourth-order valence-electron chi connectivity index (χ4n) is 5.30. The van der Waals surface area contributed by atoms with Crippen molar-refractivity contribution in [3.63, 3.8) is 0 Å². The number of aromatic amines is 1. The highest BCUT2D eigenvalue weighted by Gasteiger charge is 2.31. The van der Waals surface area contributed by atoms with Crippen molar-refractivity contribution in [3.8, 4) is 0 Å². The quantitative estimate of drug-likeness (QED) is 0.311. The van der Waals surface area contributed by atoms with Crippen molar-refractivity contribution >= 4 is 39.5 Å². The van der Waals surface area contributed by atoms with Crippen LogP contribution in [0.3, 0.4) is 0 Å². The number of aromatic nitrogens is 2. The zero-order valence-electron chi connectivity index (χ0n) is 20.4. The van der Waals surface area contributed by atoms with Crippen LogP contribution in [0.1, 0.15) is 36.7 Å². The first-order chi connectivity index (χ1) is 18.0. The maximum Gasteiger partial charge on any atom is 0.257 e. The van der Waals surface area contributed by atoms with Crippen molar-refractivity contribution in [1.82, 2.24) is 14.9 Å². The molecule has 37 heavy (non-hydrogen) atoms. The molecule has 188 valence electrons. The van der Waals surface area contributed by atoms with Gasteiger partial charge in [0.05, 0.1) is 16.6 Å². The first-order valence-corrected chi connectivity index (χ1v) is 12.6. The number of benzene rings is 3. The molecule has 2 aliphatic heterocycles. The summed E-state index contributed by atoms with van der Waals surface area (Å²) in [6, 6.07) is 16.8. The molecule has 4 aromatic rings. The summed E-state index contributed by atoms with van der Waals surface area (Å²) in [4.78, 5) is 23.7. The van der Waals surface area contributed by atoms with Gasteiger partial charge in [-0.2, -0.15) is 0 Å². The fourth-order valence-corrected chi connectivity index (χ4v) is 5.30. The standard InChI is InChI=1S/C29H27F2N5O/c1-2-36-11-9-20(10-12-36)32-21-7-8-23-22(16-21)27(29(37)35-23)26(17-13-18(30)15-19(31)14-17)28-33-24-5-3-4-6-25(24)34-28/h3-8,13-16,20,32H,2,9-12H2,1H3,(H,33,34)(H,35,37)/b27-26-. The van der Waals surface area contributed by atoms with E-state index in [4.69, 9.17) is 0 Å². The maximum atomic E-state index is 14.4. The highest BCUT2D eigenvalue weighted by atomic mass is 19.1. The first kappa shape index (κ1) is 23.4. The van der Waals surface area contributed by atoms with Crippen molar-refractivity contribution in [1.29, 1.82) is 0 Å². The van der Waals surface area contributed by atoms with Gasteiger partial charge in [0.1, 0.15) is 17.5 Å². The van der Waals surface area contributed by atoms with E-state index in [1.165, 1.54) is 12.1 Å². The Bertz CT molecular complexity index is 1480. The molecule has 3 aromatic carbocycles. The Morgan fingerprint density at radius 1 is 1.05 bits per heavy atom. The number of hydrogen-bond donors (Lipinski definition) is 3. The Labute approximate surface area is 213 Å². The van der Waals surface area contributed by atoms with Gasteiger partial charge in [0.25, 0.3) is 5.91 Å². The van der Waals surface area contributed by atoms with E-state index in [0.717, 1.165) is 49.7 Å². The summed E-state index contributed by atoms with van der Waals surface area (Å²) < 4.78 is 28.7. The Kier molecular flexibility index (Phi) is 5.96. The number of amides is 1. The molecule has 0 radical (unpaired) electrons. The lowest BCUT2D eigenvalue weighted by molar-refractivity contribution is -0.110. The number of halogens is 2. The summed E-state index contributed by atoms with van der Waals surface area (Å²) in [5.41, 5.74) is 4.58. The van der Waals surface area contributed by atoms with Crippen molar-refractivity contribution < 1.29 is 13.6 Å². The van der Waals surface area contributed by atoms with E-state index in [9.17, 15) is 13.6 Å². The number of hydrogen-bond acceptors (Lipinski definition) is 4. The number of likely N-dealkylation sites (tertiary alicyclic amines) is 1. The number of carbonyl (C=O) groups is 1. The van der Waals surface area contributed by atoms with E-state index in [1.807, 2.05) is 42.5 Å². The summed E-state index contributed by atoms with van der Waals surface area (Å²) in [5.74, 6) is -1.42. The minimum Gasteiger partial charge on any atom is -0.382 e. The highest BCUT2D eigenvalue weighted by molar-refractivity contribution is 6.38. The van der Waals surface area contributed by atoms with E-state index in [1.54, 1.807) is 0 Å². The second kappa shape index (κ2) is 9.44. The minimum atomic E-state index is -0.725. The van der Waals surface area contributed by atoms with Gasteiger partial charge in [0.2, 0.25) is 0 Å². The normalized spacial score (nSPS) is 17.6. The third kappa shape index (κ3) is 4.49. The number of para-hydroxylation sites is 2. The second-order valence-electron chi connectivity index (χ2n) is 9.58. The molecule has 3 heterocycles. The van der Waals surface area contributed by atoms with Crippen molar-refractivity contribution in [3.05, 3.63) is 89.2 Å². The Morgan fingerprint density at radius 3 is 2.54 bits per heavy atom. The van der Waals surface area contributed by atoms with Crippen LogP contribution in [-0.4, -0.2) is 46.5 Å². The Morgan fingerprint density at radius 2 is 1.81 bits per heavy atom. The van der Waals surface area contributed by atoms with Crippen LogP contribution in [0.25, 0.3) is 22.2 Å². The predicted octanol–water partition coefficient (Wildman–Crippen LogP) is 5.65. The van der Waals surface area contributed by atoms with Crippen LogP contribution in [-0.2, 0) is 4.79 Å². The molecular formula is C29H27F2N5O. The minimum absolute atomic E-state index is 0.236. The van der Waals surface area contributed by atoms with Crippen LogP contribution in [0, 0.1) is 11.6 Å². The number of fused-ring (bicyclic) bond motifs is 2. The van der Waals surface area contributed by atoms with E-state index >= 15 is 0 Å². The molecule has 0 bridgehead atoms. The van der Waals surface area contributed by atoms with Crippen LogP contribution in [0.4, 0.5) is 20.2 Å². The molecule has 1 saturated heterocycles. The van der Waals surface area contributed by atoms with Gasteiger partial charge in [-0.3, -0.25) is 4.79 Å². The summed E-state index contributed by atoms with van der Waals surface area (Å²) >= 11 is 0. The van der Waals surface area contributed by atoms with Crippen LogP contribution in [0.5, 0.6) is 0 Å². The molecule has 0 aliphatic carbocycles. The molecule has 1 amide bonds. The largest absolute Gasteiger partial charge is 0.382 e. The number of piperidine rings is 1. The van der Waals surface area contributed by atoms with Gasteiger partial charge in [-0.1, -0.05) is 19.1 Å². The number of H-pyrrole nitrogens is 1. The van der Waals surface area contributed by atoms with Gasteiger partial charge in [0.15, 0.2) is 0 Å². The maximum absolute atomic E-state index is 14.4. The summed E-state index contributed by atoms with van der Waals surface area (Å²) in [6.07, 6.45) is 2.08. The number of rotatable bonds is 5. The number of imidazole rings is 1. The molecule has 0 atom stereocenters. The van der Waals surface area contributed by atoms with Gasteiger partial charge >= 0.3 is 0 Å². The molecule has 1 fully saturated rings. The van der Waals surface area contributed by atoms with Crippen LogP contribution in [0.2, 0.25) is 0 Å². The van der Waals surface area contributed by atoms with Crippen LogP contribution in [0.15, 0.2) is 60.7 Å². The molecular weight excluding hydrogens is 472 g/mol. The number of carbonyl (C=O) groups excluding carboxylic acids is 1. The van der Waals surface area contributed by atoms with Crippen LogP contribution < -0.4 is 10.6 Å². The molecule has 6 rings (SSSR count). The smallest absolute Gasteiger partial charge is 0.257 e. The highest BCUT2D eigenvalue weighted by Crippen LogP contribution is 2.41. The molecule has 0 saturated carbocycles. The van der Waals surface area contributed by atoms with Gasteiger partial charge in [0, 0.05) is 47.7 Å². The second-order valence-corrected chi connectivity index (χ2v) is 9.58. The fraction of sp³-hybridized carbons (Fsp3) is 0.241. The molecule has 3 N–H and O–H groups in total. The Hall–Kier alpha value is -4.04. The van der Waals surface area contributed by atoms with Gasteiger partial charge in [-0.05, 0) is 67.4 Å². The lowest BCUT2D eigenvalue weighted by Gasteiger charge is -2.32. The molecule has 0 unspecified atom stereocenters. The van der Waals surface area contributed by atoms with Crippen molar-refractivity contribution in [2.75, 3.05) is 30.3 Å². The monoisotopic (exact) mass is 499 g/mol. The Balaban J connectivity index is 1.48. The third-order valence-corrected chi connectivity index (χ3v) is 7.20. The first-order valence-electron chi connectivity index (χ1n) is 12.6. The van der Waals surface area contributed by atoms with E-state index in [0.29, 0.717) is 39.8 Å². The average Bonchev–Trinajstić information content (AvgIpc) is 3.45. The summed E-state index contributed by atoms with van der Waals surface area (Å²) in [7, 11) is 0. The lowest BCUT2D eigenvalue weighted by Crippen LogP contribution is -2.38. The summed E-state index contributed by atoms with van der Waals surface area (Å²) in [6.45, 7) is 5.33. The lowest BCUT2D eigenvalue weighted by atomic mass is 9.94. The van der Waals surface area contributed by atoms with E-state index in [-0.39, 0.29) is 11.5 Å². The topological polar surface area (TPSA) is 73.0 Å². The molecule has 8 heteroatoms. The summed E-state index contributed by atoms with van der Waals surface area (Å²) in [5, 5.41) is 6.53. The zero-order chi connectivity index (χ0) is 25.5. The average molecular weight is 500 g/mol. The van der Waals surface area contributed by atoms with E-state index < -0.39 is 11.6 Å². The van der Waals surface area contributed by atoms with Gasteiger partial charge in [-0.25, -0.2) is 13.8 Å². The molecule has 1 aromatic heterocycles. The van der Waals surface area contributed by atoms with Crippen molar-refractivity contribution in [2.24, 2.45) is 0 Å². The molecule has 0 spiro atoms. The molecule has 6 nitrogen and oxygen atoms in total. The third-order valence-electron chi connectivity index (χ3n) is 7.20. The predicted molar refractivity (Wildman–Crippen MR) is 142 cm³/mol. The zero-order valence-corrected chi connectivity index (χ0v) is 20.4. The van der Waals surface area contributed by atoms with Gasteiger partial charge in [-0.15, -0.1) is 0 Å². The van der Waals surface area contributed by atoms with Crippen LogP contribution >= 0.6 is 0 Å². The van der Waals surface area contributed by atoms with Crippen molar-refractivity contribution in [2.45, 2.75) is 25.8 Å². The SMILES string of the molecule is CCN1CCC(Nc2ccc3c(c2)/C(=C(\c2cc(F)cc(F)c2)c2nc4ccccc4[nH]2)C(=O)N3)CC1. The number of nitrogens with one attached hydrogen (secondary N) is 3. The molecule has 2 aliphatic rings. The van der Waals surface area contributed by atoms with Gasteiger partial charge < -0.3 is 20.5 Å². The number of anilines is 2. The number of nitrogens with zero attached hydrogens (tertiary/aromatic N) is 2.